The van der Waals surface area contributed by atoms with Crippen LogP contribution in [0.15, 0.2) is 97.1 Å². The van der Waals surface area contributed by atoms with Crippen molar-refractivity contribution in [3.63, 3.8) is 0 Å². The van der Waals surface area contributed by atoms with E-state index in [-0.39, 0.29) is 11.8 Å². The number of ether oxygens (including phenoxy) is 1. The molecule has 5 rings (SSSR count). The second kappa shape index (κ2) is 11.0. The topological polar surface area (TPSA) is 93.2 Å². The van der Waals surface area contributed by atoms with Crippen LogP contribution in [0, 0.1) is 0 Å². The van der Waals surface area contributed by atoms with Crippen LogP contribution in [-0.2, 0) is 11.2 Å². The number of nitrogens with zero attached hydrogens (tertiary/aromatic N) is 2. The number of methoxy groups -OCH3 is 1. The van der Waals surface area contributed by atoms with E-state index in [2.05, 4.69) is 20.8 Å². The molecule has 5 aromatic rings. The highest BCUT2D eigenvalue weighted by Crippen LogP contribution is 2.29. The molecular weight excluding hydrogens is 484 g/mol. The molecular formula is C29H24N4O3S. The molecule has 0 saturated carbocycles. The summed E-state index contributed by atoms with van der Waals surface area (Å²) < 4.78 is 5.28. The number of hydrogen-bond donors (Lipinski definition) is 2. The first kappa shape index (κ1) is 24.1. The predicted molar refractivity (Wildman–Crippen MR) is 146 cm³/mol. The van der Waals surface area contributed by atoms with Gasteiger partial charge in [-0.15, -0.1) is 10.2 Å². The molecule has 0 aliphatic heterocycles. The van der Waals surface area contributed by atoms with E-state index in [1.807, 2.05) is 91.0 Å². The fraction of sp³-hybridized carbons (Fsp3) is 0.103. The molecule has 7 nitrogen and oxygen atoms in total. The highest BCUT2D eigenvalue weighted by molar-refractivity contribution is 7.18. The van der Waals surface area contributed by atoms with Gasteiger partial charge in [0.25, 0.3) is 5.91 Å². The fourth-order valence-electron chi connectivity index (χ4n) is 4.06. The van der Waals surface area contributed by atoms with Gasteiger partial charge in [-0.25, -0.2) is 0 Å². The maximum Gasteiger partial charge on any atom is 0.252 e. The summed E-state index contributed by atoms with van der Waals surface area (Å²) in [6, 6.07) is 29.5. The summed E-state index contributed by atoms with van der Waals surface area (Å²) >= 11 is 1.25. The molecule has 0 fully saturated rings. The zero-order chi connectivity index (χ0) is 25.6. The largest absolute Gasteiger partial charge is 0.497 e. The Morgan fingerprint density at radius 1 is 0.892 bits per heavy atom. The third-order valence-corrected chi connectivity index (χ3v) is 6.80. The molecule has 0 aliphatic carbocycles. The van der Waals surface area contributed by atoms with Gasteiger partial charge < -0.3 is 10.1 Å². The molecule has 1 aromatic heterocycles. The van der Waals surface area contributed by atoms with Crippen molar-refractivity contribution in [2.24, 2.45) is 0 Å². The lowest BCUT2D eigenvalue weighted by Gasteiger charge is -2.18. The number of carbonyl (C=O) groups excluding carboxylic acids is 2. The molecule has 184 valence electrons. The van der Waals surface area contributed by atoms with Crippen LogP contribution in [-0.4, -0.2) is 35.2 Å². The zero-order valence-electron chi connectivity index (χ0n) is 20.0. The lowest BCUT2D eigenvalue weighted by Crippen LogP contribution is -2.45. The van der Waals surface area contributed by atoms with Gasteiger partial charge in [-0.3, -0.25) is 14.9 Å². The standard InChI is InChI=1S/C29H24N4O3S/c1-36-22-14-7-13-21(18-22)28-32-33-29(37-28)31-27(35)25(17-19-9-3-2-4-10-19)30-26(34)24-16-8-12-20-11-5-6-15-23(20)24/h2-16,18,25H,17H2,1H3,(H,30,34)(H,31,33,35)/t25-/m0/s1. The minimum Gasteiger partial charge on any atom is -0.497 e. The van der Waals surface area contributed by atoms with E-state index >= 15 is 0 Å². The average Bonchev–Trinajstić information content (AvgIpc) is 3.41. The van der Waals surface area contributed by atoms with Crippen molar-refractivity contribution >= 4 is 39.1 Å². The Kier molecular flexibility index (Phi) is 7.19. The molecule has 8 heteroatoms. The van der Waals surface area contributed by atoms with Crippen LogP contribution >= 0.6 is 11.3 Å². The molecule has 0 radical (unpaired) electrons. The van der Waals surface area contributed by atoms with Gasteiger partial charge in [0.2, 0.25) is 11.0 Å². The Morgan fingerprint density at radius 2 is 1.65 bits per heavy atom. The zero-order valence-corrected chi connectivity index (χ0v) is 20.9. The lowest BCUT2D eigenvalue weighted by atomic mass is 10.0. The van der Waals surface area contributed by atoms with E-state index in [1.165, 1.54) is 11.3 Å². The first-order valence-corrected chi connectivity index (χ1v) is 12.5. The molecule has 0 unspecified atom stereocenters. The summed E-state index contributed by atoms with van der Waals surface area (Å²) in [6.07, 6.45) is 0.324. The number of anilines is 1. The average molecular weight is 509 g/mol. The summed E-state index contributed by atoms with van der Waals surface area (Å²) in [5, 5.41) is 16.9. The number of fused-ring (bicyclic) bond motifs is 1. The molecule has 0 bridgehead atoms. The van der Waals surface area contributed by atoms with Crippen molar-refractivity contribution in [3.8, 4) is 16.3 Å². The Bertz CT molecular complexity index is 1550. The number of carbonyl (C=O) groups is 2. The van der Waals surface area contributed by atoms with E-state index in [0.717, 1.165) is 21.9 Å². The summed E-state index contributed by atoms with van der Waals surface area (Å²) in [7, 11) is 1.60. The molecule has 4 aromatic carbocycles. The van der Waals surface area contributed by atoms with Crippen LogP contribution < -0.4 is 15.4 Å². The maximum absolute atomic E-state index is 13.4. The van der Waals surface area contributed by atoms with Gasteiger partial charge in [-0.2, -0.15) is 0 Å². The van der Waals surface area contributed by atoms with Crippen molar-refractivity contribution in [3.05, 3.63) is 108 Å². The van der Waals surface area contributed by atoms with Gasteiger partial charge in [-0.05, 0) is 34.5 Å². The highest BCUT2D eigenvalue weighted by Gasteiger charge is 2.24. The lowest BCUT2D eigenvalue weighted by molar-refractivity contribution is -0.118. The quantitative estimate of drug-likeness (QED) is 0.295. The molecule has 0 spiro atoms. The number of rotatable bonds is 8. The van der Waals surface area contributed by atoms with Gasteiger partial charge in [-0.1, -0.05) is 90.2 Å². The van der Waals surface area contributed by atoms with E-state index < -0.39 is 6.04 Å². The second-order valence-corrected chi connectivity index (χ2v) is 9.35. The first-order valence-electron chi connectivity index (χ1n) is 11.7. The van der Waals surface area contributed by atoms with Crippen molar-refractivity contribution < 1.29 is 14.3 Å². The molecule has 1 heterocycles. The maximum atomic E-state index is 13.4. The fourth-order valence-corrected chi connectivity index (χ4v) is 4.80. The molecule has 1 atom stereocenters. The van der Waals surface area contributed by atoms with Crippen LogP contribution in [0.4, 0.5) is 5.13 Å². The summed E-state index contributed by atoms with van der Waals surface area (Å²) in [5.41, 5.74) is 2.28. The van der Waals surface area contributed by atoms with Crippen LogP contribution in [0.1, 0.15) is 15.9 Å². The van der Waals surface area contributed by atoms with Gasteiger partial charge >= 0.3 is 0 Å². The monoisotopic (exact) mass is 508 g/mol. The van der Waals surface area contributed by atoms with Gasteiger partial charge in [0.05, 0.1) is 7.11 Å². The van der Waals surface area contributed by atoms with E-state index in [0.29, 0.717) is 27.9 Å². The predicted octanol–water partition coefficient (Wildman–Crippen LogP) is 5.35. The van der Waals surface area contributed by atoms with Crippen LogP contribution in [0.3, 0.4) is 0 Å². The smallest absolute Gasteiger partial charge is 0.252 e. The second-order valence-electron chi connectivity index (χ2n) is 8.38. The Morgan fingerprint density at radius 3 is 2.49 bits per heavy atom. The molecule has 2 amide bonds. The normalized spacial score (nSPS) is 11.6. The molecule has 37 heavy (non-hydrogen) atoms. The van der Waals surface area contributed by atoms with E-state index in [9.17, 15) is 9.59 Å². The first-order chi connectivity index (χ1) is 18.1. The third-order valence-electron chi connectivity index (χ3n) is 5.91. The van der Waals surface area contributed by atoms with Gasteiger partial charge in [0.1, 0.15) is 16.8 Å². The van der Waals surface area contributed by atoms with E-state index in [4.69, 9.17) is 4.74 Å². The van der Waals surface area contributed by atoms with Crippen LogP contribution in [0.25, 0.3) is 21.3 Å². The van der Waals surface area contributed by atoms with Gasteiger partial charge in [0, 0.05) is 17.5 Å². The van der Waals surface area contributed by atoms with Crippen molar-refractivity contribution in [1.82, 2.24) is 15.5 Å². The van der Waals surface area contributed by atoms with Crippen molar-refractivity contribution in [1.29, 1.82) is 0 Å². The minimum atomic E-state index is -0.821. The molecule has 0 aliphatic rings. The molecule has 2 N–H and O–H groups in total. The van der Waals surface area contributed by atoms with Crippen LogP contribution in [0.5, 0.6) is 5.75 Å². The minimum absolute atomic E-state index is 0.317. The Balaban J connectivity index is 1.38. The Hall–Kier alpha value is -4.56. The summed E-state index contributed by atoms with van der Waals surface area (Å²) in [5.74, 6) is 0.0188. The van der Waals surface area contributed by atoms with Crippen molar-refractivity contribution in [2.45, 2.75) is 12.5 Å². The summed E-state index contributed by atoms with van der Waals surface area (Å²) in [4.78, 5) is 26.7. The number of benzene rings is 4. The third kappa shape index (κ3) is 5.65. The van der Waals surface area contributed by atoms with E-state index in [1.54, 1.807) is 13.2 Å². The van der Waals surface area contributed by atoms with Gasteiger partial charge in [0.15, 0.2) is 0 Å². The Labute approximate surface area is 218 Å². The number of hydrogen-bond acceptors (Lipinski definition) is 6. The van der Waals surface area contributed by atoms with Crippen molar-refractivity contribution in [2.75, 3.05) is 12.4 Å². The number of nitrogens with one attached hydrogen (secondary N) is 2. The highest BCUT2D eigenvalue weighted by atomic mass is 32.1. The molecule has 0 saturated heterocycles. The number of aromatic nitrogens is 2. The van der Waals surface area contributed by atoms with Crippen LogP contribution in [0.2, 0.25) is 0 Å². The SMILES string of the molecule is COc1cccc(-c2nnc(NC(=O)[C@H](Cc3ccccc3)NC(=O)c3cccc4ccccc34)s2)c1. The number of amides is 2. The summed E-state index contributed by atoms with van der Waals surface area (Å²) in [6.45, 7) is 0.